The molecule has 0 fully saturated rings. The molecule has 72 valence electrons. The highest BCUT2D eigenvalue weighted by atomic mass is 14.8. The molecule has 0 aliphatic heterocycles. The molecule has 13 heavy (non-hydrogen) atoms. The minimum Gasteiger partial charge on any atom is -0.398 e. The summed E-state index contributed by atoms with van der Waals surface area (Å²) in [6.45, 7) is 2.06. The Bertz CT molecular complexity index is 320. The van der Waals surface area contributed by atoms with Crippen LogP contribution in [-0.4, -0.2) is 0 Å². The molecule has 0 bridgehead atoms. The molecule has 0 aliphatic rings. The number of anilines is 4. The zero-order valence-corrected chi connectivity index (χ0v) is 7.80. The highest BCUT2D eigenvalue weighted by Gasteiger charge is 2.09. The summed E-state index contributed by atoms with van der Waals surface area (Å²) >= 11 is 0. The van der Waals surface area contributed by atoms with E-state index >= 15 is 0 Å². The summed E-state index contributed by atoms with van der Waals surface area (Å²) in [5.74, 6) is 0. The van der Waals surface area contributed by atoms with Gasteiger partial charge in [0, 0.05) is 11.3 Å². The van der Waals surface area contributed by atoms with Gasteiger partial charge in [-0.05, 0) is 12.5 Å². The van der Waals surface area contributed by atoms with E-state index in [9.17, 15) is 0 Å². The molecular weight excluding hydrogens is 164 g/mol. The Kier molecular flexibility index (Phi) is 2.51. The van der Waals surface area contributed by atoms with Crippen molar-refractivity contribution < 1.29 is 0 Å². The molecule has 0 heterocycles. The quantitative estimate of drug-likeness (QED) is 0.509. The Labute approximate surface area is 77.9 Å². The van der Waals surface area contributed by atoms with Crippen LogP contribution in [0, 0.1) is 0 Å². The maximum absolute atomic E-state index is 5.79. The van der Waals surface area contributed by atoms with E-state index in [1.807, 2.05) is 0 Å². The van der Waals surface area contributed by atoms with E-state index in [4.69, 9.17) is 22.9 Å². The largest absolute Gasteiger partial charge is 0.398 e. The SMILES string of the molecule is CCCc1c(N)cc(N)c(N)c1N. The van der Waals surface area contributed by atoms with E-state index < -0.39 is 0 Å². The molecule has 0 radical (unpaired) electrons. The van der Waals surface area contributed by atoms with Crippen molar-refractivity contribution in [1.82, 2.24) is 0 Å². The van der Waals surface area contributed by atoms with Crippen molar-refractivity contribution in [1.29, 1.82) is 0 Å². The van der Waals surface area contributed by atoms with Crippen LogP contribution < -0.4 is 22.9 Å². The lowest BCUT2D eigenvalue weighted by Crippen LogP contribution is -2.07. The molecule has 4 heteroatoms. The molecule has 0 saturated carbocycles. The van der Waals surface area contributed by atoms with Crippen molar-refractivity contribution in [3.8, 4) is 0 Å². The molecule has 1 aromatic carbocycles. The fourth-order valence-electron chi connectivity index (χ4n) is 1.33. The third-order valence-corrected chi connectivity index (χ3v) is 2.09. The van der Waals surface area contributed by atoms with Gasteiger partial charge in [0.1, 0.15) is 0 Å². The van der Waals surface area contributed by atoms with Gasteiger partial charge in [0.05, 0.1) is 17.1 Å². The van der Waals surface area contributed by atoms with Gasteiger partial charge in [0.25, 0.3) is 0 Å². The number of rotatable bonds is 2. The van der Waals surface area contributed by atoms with Gasteiger partial charge in [-0.3, -0.25) is 0 Å². The standard InChI is InChI=1S/C9H16N4/c1-2-3-5-6(10)4-7(11)9(13)8(5)12/h4H,2-3,10-13H2,1H3. The van der Waals surface area contributed by atoms with Crippen LogP contribution in [0.15, 0.2) is 6.07 Å². The van der Waals surface area contributed by atoms with Crippen molar-refractivity contribution in [3.05, 3.63) is 11.6 Å². The average Bonchev–Trinajstić information content (AvgIpc) is 2.09. The molecular formula is C9H16N4. The van der Waals surface area contributed by atoms with Crippen molar-refractivity contribution >= 4 is 22.7 Å². The minimum atomic E-state index is 0.442. The van der Waals surface area contributed by atoms with Crippen LogP contribution >= 0.6 is 0 Å². The molecule has 1 aromatic rings. The lowest BCUT2D eigenvalue weighted by atomic mass is 10.0. The third kappa shape index (κ3) is 1.61. The predicted molar refractivity (Wildman–Crippen MR) is 58.1 cm³/mol. The molecule has 0 saturated heterocycles. The van der Waals surface area contributed by atoms with E-state index in [0.29, 0.717) is 22.7 Å². The molecule has 0 unspecified atom stereocenters. The Hall–Kier alpha value is -1.58. The minimum absolute atomic E-state index is 0.442. The monoisotopic (exact) mass is 180 g/mol. The summed E-state index contributed by atoms with van der Waals surface area (Å²) < 4.78 is 0. The second-order valence-corrected chi connectivity index (χ2v) is 3.11. The van der Waals surface area contributed by atoms with Crippen LogP contribution in [0.2, 0.25) is 0 Å². The number of hydrogen-bond acceptors (Lipinski definition) is 4. The van der Waals surface area contributed by atoms with Crippen LogP contribution in [0.1, 0.15) is 18.9 Å². The number of hydrogen-bond donors (Lipinski definition) is 4. The molecule has 1 rings (SSSR count). The summed E-state index contributed by atoms with van der Waals surface area (Å²) in [5, 5.41) is 0. The van der Waals surface area contributed by atoms with Crippen LogP contribution in [-0.2, 0) is 6.42 Å². The lowest BCUT2D eigenvalue weighted by molar-refractivity contribution is 0.927. The first kappa shape index (κ1) is 9.51. The topological polar surface area (TPSA) is 104 Å². The first-order valence-corrected chi connectivity index (χ1v) is 4.29. The Morgan fingerprint density at radius 3 is 2.15 bits per heavy atom. The van der Waals surface area contributed by atoms with Crippen LogP contribution in [0.3, 0.4) is 0 Å². The van der Waals surface area contributed by atoms with Gasteiger partial charge in [-0.2, -0.15) is 0 Å². The van der Waals surface area contributed by atoms with Crippen molar-refractivity contribution in [2.75, 3.05) is 22.9 Å². The molecule has 0 spiro atoms. The summed E-state index contributed by atoms with van der Waals surface area (Å²) in [5.41, 5.74) is 25.8. The van der Waals surface area contributed by atoms with Gasteiger partial charge in [0.15, 0.2) is 0 Å². The average molecular weight is 180 g/mol. The van der Waals surface area contributed by atoms with Crippen molar-refractivity contribution in [2.24, 2.45) is 0 Å². The highest BCUT2D eigenvalue weighted by molar-refractivity contribution is 5.85. The zero-order chi connectivity index (χ0) is 10.0. The molecule has 8 N–H and O–H groups in total. The maximum atomic E-state index is 5.79. The molecule has 0 atom stereocenters. The summed E-state index contributed by atoms with van der Waals surface area (Å²) in [6, 6.07) is 1.66. The van der Waals surface area contributed by atoms with Crippen LogP contribution in [0.25, 0.3) is 0 Å². The van der Waals surface area contributed by atoms with Crippen LogP contribution in [0.4, 0.5) is 22.7 Å². The number of nitrogen functional groups attached to an aromatic ring is 4. The molecule has 4 nitrogen and oxygen atoms in total. The van der Waals surface area contributed by atoms with Gasteiger partial charge < -0.3 is 22.9 Å². The van der Waals surface area contributed by atoms with Crippen molar-refractivity contribution in [3.63, 3.8) is 0 Å². The normalized spacial score (nSPS) is 10.2. The lowest BCUT2D eigenvalue weighted by Gasteiger charge is -2.12. The van der Waals surface area contributed by atoms with Gasteiger partial charge in [0.2, 0.25) is 0 Å². The smallest absolute Gasteiger partial charge is 0.0785 e. The summed E-state index contributed by atoms with van der Waals surface area (Å²) in [4.78, 5) is 0. The van der Waals surface area contributed by atoms with E-state index in [1.54, 1.807) is 6.07 Å². The number of benzene rings is 1. The fraction of sp³-hybridized carbons (Fsp3) is 0.333. The number of nitrogens with two attached hydrogens (primary N) is 4. The highest BCUT2D eigenvalue weighted by Crippen LogP contribution is 2.32. The van der Waals surface area contributed by atoms with E-state index in [2.05, 4.69) is 6.92 Å². The maximum Gasteiger partial charge on any atom is 0.0785 e. The fourth-order valence-corrected chi connectivity index (χ4v) is 1.33. The van der Waals surface area contributed by atoms with Crippen LogP contribution in [0.5, 0.6) is 0 Å². The van der Waals surface area contributed by atoms with Gasteiger partial charge >= 0.3 is 0 Å². The predicted octanol–water partition coefficient (Wildman–Crippen LogP) is 0.968. The van der Waals surface area contributed by atoms with E-state index in [0.717, 1.165) is 18.4 Å². The Morgan fingerprint density at radius 2 is 1.62 bits per heavy atom. The molecule has 0 aliphatic carbocycles. The Morgan fingerprint density at radius 1 is 1.00 bits per heavy atom. The second kappa shape index (κ2) is 3.43. The second-order valence-electron chi connectivity index (χ2n) is 3.11. The first-order valence-electron chi connectivity index (χ1n) is 4.29. The first-order chi connectivity index (χ1) is 6.07. The van der Waals surface area contributed by atoms with Gasteiger partial charge in [-0.1, -0.05) is 13.3 Å². The van der Waals surface area contributed by atoms with Gasteiger partial charge in [-0.15, -0.1) is 0 Å². The summed E-state index contributed by atoms with van der Waals surface area (Å²) in [6.07, 6.45) is 1.82. The molecule has 0 aromatic heterocycles. The zero-order valence-electron chi connectivity index (χ0n) is 7.80. The van der Waals surface area contributed by atoms with E-state index in [-0.39, 0.29) is 0 Å². The molecule has 0 amide bonds. The van der Waals surface area contributed by atoms with Crippen molar-refractivity contribution in [2.45, 2.75) is 19.8 Å². The third-order valence-electron chi connectivity index (χ3n) is 2.09. The Balaban J connectivity index is 3.26. The summed E-state index contributed by atoms with van der Waals surface area (Å²) in [7, 11) is 0. The van der Waals surface area contributed by atoms with E-state index in [1.165, 1.54) is 0 Å². The van der Waals surface area contributed by atoms with Gasteiger partial charge in [-0.25, -0.2) is 0 Å².